The minimum absolute atomic E-state index is 0.0538. The fraction of sp³-hybridized carbons (Fsp3) is 0.611. The summed E-state index contributed by atoms with van der Waals surface area (Å²) in [7, 11) is -3.54. The van der Waals surface area contributed by atoms with E-state index in [9.17, 15) is 13.2 Å². The van der Waals surface area contributed by atoms with Gasteiger partial charge >= 0.3 is 0 Å². The van der Waals surface area contributed by atoms with Gasteiger partial charge in [0.15, 0.2) is 0 Å². The van der Waals surface area contributed by atoms with Crippen LogP contribution in [0.25, 0.3) is 0 Å². The molecule has 0 spiro atoms. The Bertz CT molecular complexity index is 665. The highest BCUT2D eigenvalue weighted by molar-refractivity contribution is 7.89. The number of sulfonamides is 1. The van der Waals surface area contributed by atoms with Crippen LogP contribution in [0.1, 0.15) is 44.1 Å². The Kier molecular flexibility index (Phi) is 6.98. The molecule has 1 aliphatic rings. The van der Waals surface area contributed by atoms with Gasteiger partial charge in [0.2, 0.25) is 15.9 Å². The summed E-state index contributed by atoms with van der Waals surface area (Å²) in [6, 6.07) is 6.66. The van der Waals surface area contributed by atoms with Crippen LogP contribution in [0.2, 0.25) is 0 Å². The first-order chi connectivity index (χ1) is 11.9. The highest BCUT2D eigenvalue weighted by Crippen LogP contribution is 2.38. The zero-order valence-corrected chi connectivity index (χ0v) is 15.7. The average molecular weight is 368 g/mol. The van der Waals surface area contributed by atoms with Crippen LogP contribution >= 0.6 is 0 Å². The molecular formula is C18H29N3O3S. The second-order valence-corrected chi connectivity index (χ2v) is 8.77. The molecule has 1 aromatic rings. The standard InChI is InChI=1S/C18H29N3O3S/c1-15-5-7-16(8-6-15)25(23,24)21-12-11-20-17(22)13-18(14-19)9-3-2-4-10-18/h5-8,21H,2-4,9-14,19H2,1H3,(H,20,22). The van der Waals surface area contributed by atoms with Crippen LogP contribution in [0, 0.1) is 12.3 Å². The molecule has 2 rings (SSSR count). The van der Waals surface area contributed by atoms with Crippen molar-refractivity contribution in [1.82, 2.24) is 10.0 Å². The third kappa shape index (κ3) is 5.80. The Morgan fingerprint density at radius 2 is 1.76 bits per heavy atom. The van der Waals surface area contributed by atoms with E-state index in [2.05, 4.69) is 10.0 Å². The molecule has 0 atom stereocenters. The quantitative estimate of drug-likeness (QED) is 0.609. The van der Waals surface area contributed by atoms with Crippen molar-refractivity contribution in [1.29, 1.82) is 0 Å². The van der Waals surface area contributed by atoms with E-state index in [-0.39, 0.29) is 29.3 Å². The maximum atomic E-state index is 12.2. The van der Waals surface area contributed by atoms with E-state index in [1.807, 2.05) is 6.92 Å². The molecule has 0 radical (unpaired) electrons. The van der Waals surface area contributed by atoms with E-state index < -0.39 is 10.0 Å². The minimum atomic E-state index is -3.54. The number of carbonyl (C=O) groups is 1. The molecule has 1 amide bonds. The summed E-state index contributed by atoms with van der Waals surface area (Å²) in [5.74, 6) is -0.0538. The second-order valence-electron chi connectivity index (χ2n) is 7.00. The van der Waals surface area contributed by atoms with Crippen LogP contribution in [0.5, 0.6) is 0 Å². The van der Waals surface area contributed by atoms with Gasteiger partial charge in [-0.3, -0.25) is 4.79 Å². The highest BCUT2D eigenvalue weighted by atomic mass is 32.2. The number of benzene rings is 1. The zero-order chi connectivity index (χ0) is 18.3. The lowest BCUT2D eigenvalue weighted by atomic mass is 9.71. The molecular weight excluding hydrogens is 338 g/mol. The molecule has 7 heteroatoms. The van der Waals surface area contributed by atoms with Crippen molar-refractivity contribution in [2.45, 2.75) is 50.3 Å². The van der Waals surface area contributed by atoms with Crippen LogP contribution in [-0.2, 0) is 14.8 Å². The van der Waals surface area contributed by atoms with Gasteiger partial charge in [-0.15, -0.1) is 0 Å². The molecule has 25 heavy (non-hydrogen) atoms. The molecule has 1 saturated carbocycles. The number of hydrogen-bond donors (Lipinski definition) is 3. The molecule has 1 aromatic carbocycles. The van der Waals surface area contributed by atoms with Gasteiger partial charge in [-0.2, -0.15) is 0 Å². The van der Waals surface area contributed by atoms with Gasteiger partial charge < -0.3 is 11.1 Å². The van der Waals surface area contributed by atoms with Gasteiger partial charge in [0, 0.05) is 19.5 Å². The van der Waals surface area contributed by atoms with Gasteiger partial charge in [0.05, 0.1) is 4.90 Å². The van der Waals surface area contributed by atoms with E-state index in [0.717, 1.165) is 31.2 Å². The molecule has 4 N–H and O–H groups in total. The summed E-state index contributed by atoms with van der Waals surface area (Å²) in [5, 5.41) is 2.80. The SMILES string of the molecule is Cc1ccc(S(=O)(=O)NCCNC(=O)CC2(CN)CCCCC2)cc1. The van der Waals surface area contributed by atoms with Crippen molar-refractivity contribution >= 4 is 15.9 Å². The largest absolute Gasteiger partial charge is 0.355 e. The second kappa shape index (κ2) is 8.78. The number of rotatable bonds is 8. The van der Waals surface area contributed by atoms with Crippen LogP contribution in [0.4, 0.5) is 0 Å². The number of amides is 1. The Labute approximate surface area is 150 Å². The Morgan fingerprint density at radius 3 is 2.36 bits per heavy atom. The molecule has 0 unspecified atom stereocenters. The van der Waals surface area contributed by atoms with Crippen molar-refractivity contribution in [3.05, 3.63) is 29.8 Å². The summed E-state index contributed by atoms with van der Waals surface area (Å²) in [6.45, 7) is 2.86. The summed E-state index contributed by atoms with van der Waals surface area (Å²) in [4.78, 5) is 12.4. The number of hydrogen-bond acceptors (Lipinski definition) is 4. The van der Waals surface area contributed by atoms with E-state index in [1.54, 1.807) is 24.3 Å². The minimum Gasteiger partial charge on any atom is -0.355 e. The number of nitrogens with one attached hydrogen (secondary N) is 2. The molecule has 1 fully saturated rings. The van der Waals surface area contributed by atoms with Crippen molar-refractivity contribution in [2.24, 2.45) is 11.1 Å². The summed E-state index contributed by atoms with van der Waals surface area (Å²) < 4.78 is 26.8. The smallest absolute Gasteiger partial charge is 0.240 e. The number of nitrogens with two attached hydrogens (primary N) is 1. The van der Waals surface area contributed by atoms with E-state index >= 15 is 0 Å². The van der Waals surface area contributed by atoms with Crippen LogP contribution < -0.4 is 15.8 Å². The lowest BCUT2D eigenvalue weighted by Crippen LogP contribution is -2.40. The third-order valence-corrected chi connectivity index (χ3v) is 6.43. The third-order valence-electron chi connectivity index (χ3n) is 4.95. The fourth-order valence-electron chi connectivity index (χ4n) is 3.35. The maximum Gasteiger partial charge on any atom is 0.240 e. The van der Waals surface area contributed by atoms with E-state index in [4.69, 9.17) is 5.73 Å². The normalized spacial score (nSPS) is 17.2. The van der Waals surface area contributed by atoms with Gasteiger partial charge in [0.1, 0.15) is 0 Å². The Hall–Kier alpha value is -1.44. The summed E-state index contributed by atoms with van der Waals surface area (Å²) >= 11 is 0. The lowest BCUT2D eigenvalue weighted by molar-refractivity contribution is -0.123. The molecule has 0 aliphatic heterocycles. The molecule has 140 valence electrons. The van der Waals surface area contributed by atoms with Gasteiger partial charge in [-0.25, -0.2) is 13.1 Å². The molecule has 0 saturated heterocycles. The lowest BCUT2D eigenvalue weighted by Gasteiger charge is -2.35. The van der Waals surface area contributed by atoms with Gasteiger partial charge in [-0.1, -0.05) is 37.0 Å². The molecule has 1 aliphatic carbocycles. The zero-order valence-electron chi connectivity index (χ0n) is 14.9. The van der Waals surface area contributed by atoms with Gasteiger partial charge in [0.25, 0.3) is 0 Å². The number of aryl methyl sites for hydroxylation is 1. The first-order valence-corrected chi connectivity index (χ1v) is 10.4. The maximum absolute atomic E-state index is 12.2. The first-order valence-electron chi connectivity index (χ1n) is 8.90. The van der Waals surface area contributed by atoms with Crippen molar-refractivity contribution in [2.75, 3.05) is 19.6 Å². The molecule has 6 nitrogen and oxygen atoms in total. The Morgan fingerprint density at radius 1 is 1.12 bits per heavy atom. The van der Waals surface area contributed by atoms with E-state index in [0.29, 0.717) is 13.0 Å². The summed E-state index contributed by atoms with van der Waals surface area (Å²) in [5.41, 5.74) is 6.82. The predicted octanol–water partition coefficient (Wildman–Crippen LogP) is 1.69. The fourth-order valence-corrected chi connectivity index (χ4v) is 4.38. The molecule has 0 bridgehead atoms. The van der Waals surface area contributed by atoms with Crippen LogP contribution in [0.15, 0.2) is 29.2 Å². The van der Waals surface area contributed by atoms with Crippen LogP contribution in [0.3, 0.4) is 0 Å². The van der Waals surface area contributed by atoms with E-state index in [1.165, 1.54) is 6.42 Å². The van der Waals surface area contributed by atoms with Crippen molar-refractivity contribution < 1.29 is 13.2 Å². The molecule has 0 aromatic heterocycles. The van der Waals surface area contributed by atoms with Crippen LogP contribution in [-0.4, -0.2) is 34.0 Å². The monoisotopic (exact) mass is 367 g/mol. The Balaban J connectivity index is 1.76. The number of carbonyl (C=O) groups excluding carboxylic acids is 1. The highest BCUT2D eigenvalue weighted by Gasteiger charge is 2.32. The van der Waals surface area contributed by atoms with Crippen molar-refractivity contribution in [3.8, 4) is 0 Å². The van der Waals surface area contributed by atoms with Gasteiger partial charge in [-0.05, 0) is 43.9 Å². The predicted molar refractivity (Wildman–Crippen MR) is 98.6 cm³/mol. The first kappa shape index (κ1) is 19.9. The average Bonchev–Trinajstić information content (AvgIpc) is 2.60. The topological polar surface area (TPSA) is 101 Å². The summed E-state index contributed by atoms with van der Waals surface area (Å²) in [6.07, 6.45) is 5.88. The molecule has 0 heterocycles. The van der Waals surface area contributed by atoms with Crippen molar-refractivity contribution in [3.63, 3.8) is 0 Å².